The van der Waals surface area contributed by atoms with E-state index in [-0.39, 0.29) is 21.8 Å². The minimum absolute atomic E-state index is 0.128. The number of nitrogens with zero attached hydrogens (tertiary/aromatic N) is 2. The number of benzene rings is 2. The number of amides is 2. The number of hydrogen-bond acceptors (Lipinski definition) is 5. The van der Waals surface area contributed by atoms with Gasteiger partial charge in [-0.3, -0.25) is 9.59 Å². The average Bonchev–Trinajstić information content (AvgIpc) is 2.79. The van der Waals surface area contributed by atoms with Crippen LogP contribution < -0.4 is 10.6 Å². The smallest absolute Gasteiger partial charge is 0.325 e. The Labute approximate surface area is 198 Å². The van der Waals surface area contributed by atoms with Crippen molar-refractivity contribution >= 4 is 35.0 Å². The second-order valence-electron chi connectivity index (χ2n) is 7.23. The van der Waals surface area contributed by atoms with E-state index in [2.05, 4.69) is 15.6 Å². The first-order valence-corrected chi connectivity index (χ1v) is 10.9. The number of thioether (sulfide) groups is 1. The van der Waals surface area contributed by atoms with E-state index in [1.807, 2.05) is 12.1 Å². The van der Waals surface area contributed by atoms with Gasteiger partial charge >= 0.3 is 6.18 Å². The molecular formula is C24H19F3N4O2S. The molecule has 6 nitrogen and oxygen atoms in total. The van der Waals surface area contributed by atoms with Gasteiger partial charge in [0, 0.05) is 11.4 Å². The molecule has 0 aliphatic heterocycles. The van der Waals surface area contributed by atoms with Crippen molar-refractivity contribution in [3.05, 3.63) is 83.0 Å². The molecule has 10 heteroatoms. The van der Waals surface area contributed by atoms with Crippen LogP contribution in [0.25, 0.3) is 0 Å². The molecule has 0 bridgehead atoms. The number of para-hydroxylation sites is 1. The third-order valence-electron chi connectivity index (χ3n) is 4.71. The number of nitriles is 1. The molecule has 1 unspecified atom stereocenters. The minimum Gasteiger partial charge on any atom is -0.325 e. The van der Waals surface area contributed by atoms with Crippen LogP contribution in [-0.2, 0) is 11.0 Å². The Balaban J connectivity index is 1.71. The second-order valence-corrected chi connectivity index (χ2v) is 8.56. The molecule has 0 radical (unpaired) electrons. The molecule has 1 heterocycles. The van der Waals surface area contributed by atoms with Crippen molar-refractivity contribution in [3.8, 4) is 6.07 Å². The molecule has 0 aliphatic rings. The van der Waals surface area contributed by atoms with E-state index in [9.17, 15) is 28.0 Å². The Bertz CT molecular complexity index is 1240. The van der Waals surface area contributed by atoms with Crippen molar-refractivity contribution in [3.63, 3.8) is 0 Å². The Morgan fingerprint density at radius 2 is 1.65 bits per heavy atom. The highest BCUT2D eigenvalue weighted by Gasteiger charge is 2.30. The molecule has 0 aliphatic carbocycles. The van der Waals surface area contributed by atoms with Crippen molar-refractivity contribution in [1.29, 1.82) is 5.26 Å². The molecule has 3 rings (SSSR count). The number of anilines is 2. The first-order valence-electron chi connectivity index (χ1n) is 10.0. The number of halogens is 3. The molecule has 3 aromatic rings. The van der Waals surface area contributed by atoms with Gasteiger partial charge < -0.3 is 10.6 Å². The molecule has 34 heavy (non-hydrogen) atoms. The number of alkyl halides is 3. The Kier molecular flexibility index (Phi) is 7.58. The zero-order chi connectivity index (χ0) is 24.9. The number of carbonyl (C=O) groups is 2. The fourth-order valence-corrected chi connectivity index (χ4v) is 3.83. The van der Waals surface area contributed by atoms with E-state index < -0.39 is 28.8 Å². The monoisotopic (exact) mass is 484 g/mol. The van der Waals surface area contributed by atoms with Gasteiger partial charge in [-0.05, 0) is 56.3 Å². The van der Waals surface area contributed by atoms with Crippen LogP contribution in [0, 0.1) is 18.3 Å². The van der Waals surface area contributed by atoms with Gasteiger partial charge in [0.25, 0.3) is 5.91 Å². The molecule has 0 saturated heterocycles. The van der Waals surface area contributed by atoms with E-state index in [0.717, 1.165) is 23.9 Å². The number of aromatic nitrogens is 1. The Hall–Kier alpha value is -3.84. The maximum absolute atomic E-state index is 12.7. The number of carbonyl (C=O) groups excluding carboxylic acids is 2. The zero-order valence-electron chi connectivity index (χ0n) is 18.1. The number of pyridine rings is 1. The van der Waals surface area contributed by atoms with Gasteiger partial charge in [0.05, 0.1) is 27.6 Å². The molecule has 2 N–H and O–H groups in total. The summed E-state index contributed by atoms with van der Waals surface area (Å²) in [6, 6.07) is 16.3. The normalized spacial score (nSPS) is 11.9. The zero-order valence-corrected chi connectivity index (χ0v) is 18.9. The Morgan fingerprint density at radius 1 is 1.03 bits per heavy atom. The minimum atomic E-state index is -4.47. The van der Waals surface area contributed by atoms with Gasteiger partial charge in [0.2, 0.25) is 5.91 Å². The molecule has 0 saturated carbocycles. The average molecular weight is 485 g/mol. The van der Waals surface area contributed by atoms with Gasteiger partial charge in [0.15, 0.2) is 0 Å². The second kappa shape index (κ2) is 10.4. The standard InChI is InChI=1S/C24H19F3N4O2S/c1-14-20(22(33)31-18-6-4-3-5-7-18)12-16(13-28)23(29-14)34-15(2)21(32)30-19-10-8-17(9-11-19)24(25,26)27/h3-12,15H,1-2H3,(H,30,32)(H,31,33). The fraction of sp³-hybridized carbons (Fsp3) is 0.167. The summed E-state index contributed by atoms with van der Waals surface area (Å²) < 4.78 is 38.1. The van der Waals surface area contributed by atoms with Gasteiger partial charge in [0.1, 0.15) is 11.1 Å². The third kappa shape index (κ3) is 6.14. The fourth-order valence-electron chi connectivity index (χ4n) is 2.91. The first kappa shape index (κ1) is 24.8. The van der Waals surface area contributed by atoms with Crippen LogP contribution in [0.2, 0.25) is 0 Å². The van der Waals surface area contributed by atoms with E-state index in [1.54, 1.807) is 38.1 Å². The number of hydrogen-bond donors (Lipinski definition) is 2. The van der Waals surface area contributed by atoms with Gasteiger partial charge in [-0.1, -0.05) is 30.0 Å². The highest BCUT2D eigenvalue weighted by molar-refractivity contribution is 8.00. The predicted octanol–water partition coefficient (Wildman–Crippen LogP) is 5.65. The van der Waals surface area contributed by atoms with Crippen LogP contribution in [0.5, 0.6) is 0 Å². The van der Waals surface area contributed by atoms with E-state index in [1.165, 1.54) is 18.2 Å². The molecule has 0 fully saturated rings. The summed E-state index contributed by atoms with van der Waals surface area (Å²) in [4.78, 5) is 29.5. The molecular weight excluding hydrogens is 465 g/mol. The largest absolute Gasteiger partial charge is 0.416 e. The van der Waals surface area contributed by atoms with Crippen molar-refractivity contribution in [2.75, 3.05) is 10.6 Å². The van der Waals surface area contributed by atoms with E-state index >= 15 is 0 Å². The summed E-state index contributed by atoms with van der Waals surface area (Å²) in [5, 5.41) is 14.4. The molecule has 174 valence electrons. The predicted molar refractivity (Wildman–Crippen MR) is 123 cm³/mol. The maximum atomic E-state index is 12.7. The lowest BCUT2D eigenvalue weighted by molar-refractivity contribution is -0.137. The lowest BCUT2D eigenvalue weighted by Crippen LogP contribution is -2.23. The highest BCUT2D eigenvalue weighted by atomic mass is 32.2. The lowest BCUT2D eigenvalue weighted by atomic mass is 10.1. The number of rotatable bonds is 6. The van der Waals surface area contributed by atoms with E-state index in [4.69, 9.17) is 0 Å². The van der Waals surface area contributed by atoms with Crippen LogP contribution >= 0.6 is 11.8 Å². The molecule has 1 aromatic heterocycles. The van der Waals surface area contributed by atoms with Crippen molar-refractivity contribution in [2.45, 2.75) is 30.3 Å². The molecule has 0 spiro atoms. The van der Waals surface area contributed by atoms with Crippen LogP contribution in [-0.4, -0.2) is 22.0 Å². The number of nitrogens with one attached hydrogen (secondary N) is 2. The summed E-state index contributed by atoms with van der Waals surface area (Å²) >= 11 is 1.01. The summed E-state index contributed by atoms with van der Waals surface area (Å²) in [6.07, 6.45) is -4.47. The first-order chi connectivity index (χ1) is 16.1. The van der Waals surface area contributed by atoms with Gasteiger partial charge in [-0.25, -0.2) is 4.98 Å². The third-order valence-corrected chi connectivity index (χ3v) is 5.81. The molecule has 2 amide bonds. The molecule has 2 aromatic carbocycles. The van der Waals surface area contributed by atoms with Crippen molar-refractivity contribution < 1.29 is 22.8 Å². The van der Waals surface area contributed by atoms with Crippen LogP contribution in [0.1, 0.15) is 34.1 Å². The SMILES string of the molecule is Cc1nc(SC(C)C(=O)Nc2ccc(C(F)(F)F)cc2)c(C#N)cc1C(=O)Nc1ccccc1. The molecule has 1 atom stereocenters. The summed E-state index contributed by atoms with van der Waals surface area (Å²) in [7, 11) is 0. The highest BCUT2D eigenvalue weighted by Crippen LogP contribution is 2.31. The van der Waals surface area contributed by atoms with Crippen LogP contribution in [0.4, 0.5) is 24.5 Å². The Morgan fingerprint density at radius 3 is 2.24 bits per heavy atom. The maximum Gasteiger partial charge on any atom is 0.416 e. The topological polar surface area (TPSA) is 94.9 Å². The number of aryl methyl sites for hydroxylation is 1. The summed E-state index contributed by atoms with van der Waals surface area (Å²) in [5.74, 6) is -0.892. The lowest BCUT2D eigenvalue weighted by Gasteiger charge is -2.15. The summed E-state index contributed by atoms with van der Waals surface area (Å²) in [5.41, 5.74) is 0.725. The quantitative estimate of drug-likeness (QED) is 0.441. The van der Waals surface area contributed by atoms with Crippen LogP contribution in [0.3, 0.4) is 0 Å². The van der Waals surface area contributed by atoms with Crippen molar-refractivity contribution in [2.24, 2.45) is 0 Å². The van der Waals surface area contributed by atoms with Gasteiger partial charge in [-0.15, -0.1) is 0 Å². The van der Waals surface area contributed by atoms with Gasteiger partial charge in [-0.2, -0.15) is 18.4 Å². The van der Waals surface area contributed by atoms with Crippen molar-refractivity contribution in [1.82, 2.24) is 4.98 Å². The van der Waals surface area contributed by atoms with Crippen LogP contribution in [0.15, 0.2) is 65.7 Å². The van der Waals surface area contributed by atoms with E-state index in [0.29, 0.717) is 11.4 Å². The summed E-state index contributed by atoms with van der Waals surface area (Å²) in [6.45, 7) is 3.20.